The number of furan rings is 1. The first kappa shape index (κ1) is 15.9. The molecule has 0 N–H and O–H groups in total. The molecule has 7 rings (SSSR count). The molecule has 5 aliphatic rings. The van der Waals surface area contributed by atoms with Gasteiger partial charge in [-0.2, -0.15) is 0 Å². The average Bonchev–Trinajstić information content (AvgIpc) is 3.27. The Hall–Kier alpha value is -3.15. The Balaban J connectivity index is 1.25. The molecule has 6 heteroatoms. The van der Waals surface area contributed by atoms with Gasteiger partial charge in [-0.05, 0) is 66.5 Å². The second kappa shape index (κ2) is 5.44. The molecule has 3 fully saturated rings. The molecular weight excluding hydrogens is 358 g/mol. The molecule has 1 saturated heterocycles. The molecule has 4 aliphatic carbocycles. The Morgan fingerprint density at radius 3 is 2.18 bits per heavy atom. The molecule has 6 nitrogen and oxygen atoms in total. The summed E-state index contributed by atoms with van der Waals surface area (Å²) in [6.07, 6.45) is 6.86. The van der Waals surface area contributed by atoms with Gasteiger partial charge in [-0.15, -0.1) is 0 Å². The van der Waals surface area contributed by atoms with Gasteiger partial charge in [0.2, 0.25) is 17.6 Å². The van der Waals surface area contributed by atoms with Crippen LogP contribution in [-0.2, 0) is 9.59 Å². The summed E-state index contributed by atoms with van der Waals surface area (Å²) in [6, 6.07) is 9.59. The van der Waals surface area contributed by atoms with Gasteiger partial charge >= 0.3 is 5.97 Å². The predicted molar refractivity (Wildman–Crippen MR) is 97.3 cm³/mol. The fourth-order valence-electron chi connectivity index (χ4n) is 5.43. The van der Waals surface area contributed by atoms with Crippen LogP contribution in [0.15, 0.2) is 59.2 Å². The smallest absolute Gasteiger partial charge is 0.379 e. The SMILES string of the molecule is O=C(Oc1ccc(N2C(=O)[C@@H]3[C@H]4C=C[C@H]([C@H]5C[C@@H]45)[C@@H]3C2=O)cc1)c1ccco1. The molecule has 2 bridgehead atoms. The molecule has 2 heterocycles. The highest BCUT2D eigenvalue weighted by Crippen LogP contribution is 2.65. The third kappa shape index (κ3) is 2.06. The van der Waals surface area contributed by atoms with Crippen LogP contribution in [0.5, 0.6) is 5.75 Å². The van der Waals surface area contributed by atoms with Crippen LogP contribution in [0.4, 0.5) is 5.69 Å². The number of benzene rings is 1. The van der Waals surface area contributed by atoms with Crippen molar-refractivity contribution in [1.82, 2.24) is 0 Å². The van der Waals surface area contributed by atoms with E-state index in [9.17, 15) is 14.4 Å². The van der Waals surface area contributed by atoms with Gasteiger partial charge in [0.15, 0.2) is 0 Å². The van der Waals surface area contributed by atoms with Crippen molar-refractivity contribution >= 4 is 23.5 Å². The lowest BCUT2D eigenvalue weighted by molar-refractivity contribution is -0.124. The van der Waals surface area contributed by atoms with Crippen LogP contribution in [0.2, 0.25) is 0 Å². The minimum Gasteiger partial charge on any atom is -0.457 e. The number of allylic oxidation sites excluding steroid dienone is 2. The molecule has 1 aromatic heterocycles. The van der Waals surface area contributed by atoms with Crippen LogP contribution in [0.25, 0.3) is 0 Å². The summed E-state index contributed by atoms with van der Waals surface area (Å²) in [6.45, 7) is 0. The average molecular weight is 375 g/mol. The van der Waals surface area contributed by atoms with E-state index in [1.165, 1.54) is 17.2 Å². The van der Waals surface area contributed by atoms with Gasteiger partial charge in [-0.1, -0.05) is 12.2 Å². The van der Waals surface area contributed by atoms with Gasteiger partial charge in [0.1, 0.15) is 5.75 Å². The number of amides is 2. The van der Waals surface area contributed by atoms with Crippen molar-refractivity contribution in [1.29, 1.82) is 0 Å². The maximum Gasteiger partial charge on any atom is 0.379 e. The van der Waals surface area contributed by atoms with Gasteiger partial charge < -0.3 is 9.15 Å². The highest BCUT2D eigenvalue weighted by atomic mass is 16.5. The summed E-state index contributed by atoms with van der Waals surface area (Å²) < 4.78 is 10.3. The van der Waals surface area contributed by atoms with Crippen LogP contribution in [0.1, 0.15) is 17.0 Å². The zero-order valence-corrected chi connectivity index (χ0v) is 14.9. The molecule has 2 amide bonds. The molecule has 6 atom stereocenters. The lowest BCUT2D eigenvalue weighted by atomic mass is 9.63. The van der Waals surface area contributed by atoms with Crippen molar-refractivity contribution in [3.63, 3.8) is 0 Å². The molecule has 2 aromatic rings. The number of nitrogens with zero attached hydrogens (tertiary/aromatic N) is 1. The summed E-state index contributed by atoms with van der Waals surface area (Å²) in [4.78, 5) is 39.5. The van der Waals surface area contributed by atoms with Crippen molar-refractivity contribution in [3.05, 3.63) is 60.6 Å². The Morgan fingerprint density at radius 1 is 0.964 bits per heavy atom. The second-order valence-electron chi connectivity index (χ2n) is 8.03. The number of carbonyl (C=O) groups excluding carboxylic acids is 3. The third-order valence-electron chi connectivity index (χ3n) is 6.69. The number of imide groups is 1. The number of anilines is 1. The summed E-state index contributed by atoms with van der Waals surface area (Å²) in [5.74, 6) is 0.770. The topological polar surface area (TPSA) is 76.8 Å². The fourth-order valence-corrected chi connectivity index (χ4v) is 5.43. The summed E-state index contributed by atoms with van der Waals surface area (Å²) in [5, 5.41) is 0. The van der Waals surface area contributed by atoms with Crippen molar-refractivity contribution in [3.8, 4) is 5.75 Å². The van der Waals surface area contributed by atoms with Gasteiger partial charge in [-0.25, -0.2) is 4.79 Å². The largest absolute Gasteiger partial charge is 0.457 e. The van der Waals surface area contributed by atoms with Crippen LogP contribution in [0.3, 0.4) is 0 Å². The third-order valence-corrected chi connectivity index (χ3v) is 6.69. The first-order valence-corrected chi connectivity index (χ1v) is 9.55. The van der Waals surface area contributed by atoms with E-state index in [2.05, 4.69) is 12.2 Å². The van der Waals surface area contributed by atoms with Gasteiger partial charge in [-0.3, -0.25) is 14.5 Å². The van der Waals surface area contributed by atoms with Crippen molar-refractivity contribution < 1.29 is 23.5 Å². The molecule has 1 aliphatic heterocycles. The van der Waals surface area contributed by atoms with Crippen molar-refractivity contribution in [2.45, 2.75) is 6.42 Å². The van der Waals surface area contributed by atoms with Crippen molar-refractivity contribution in [2.75, 3.05) is 4.90 Å². The minimum atomic E-state index is -0.598. The first-order valence-electron chi connectivity index (χ1n) is 9.55. The van der Waals surface area contributed by atoms with Gasteiger partial charge in [0.05, 0.1) is 23.8 Å². The summed E-state index contributed by atoms with van der Waals surface area (Å²) in [7, 11) is 0. The maximum absolute atomic E-state index is 13.1. The predicted octanol–water partition coefficient (Wildman–Crippen LogP) is 3.06. The molecule has 140 valence electrons. The van der Waals surface area contributed by atoms with E-state index in [1.54, 1.807) is 30.3 Å². The maximum atomic E-state index is 13.1. The Kier molecular flexibility index (Phi) is 3.08. The highest BCUT2D eigenvalue weighted by Gasteiger charge is 2.67. The summed E-state index contributed by atoms with van der Waals surface area (Å²) in [5.41, 5.74) is 0.523. The molecular formula is C22H17NO5. The molecule has 0 spiro atoms. The van der Waals surface area contributed by atoms with Crippen LogP contribution < -0.4 is 9.64 Å². The highest BCUT2D eigenvalue weighted by molar-refractivity contribution is 6.22. The zero-order valence-electron chi connectivity index (χ0n) is 14.9. The normalized spacial score (nSPS) is 34.4. The van der Waals surface area contributed by atoms with E-state index in [0.717, 1.165) is 6.42 Å². The van der Waals surface area contributed by atoms with Gasteiger partial charge in [0.25, 0.3) is 0 Å². The molecule has 2 saturated carbocycles. The quantitative estimate of drug-likeness (QED) is 0.357. The number of carbonyl (C=O) groups is 3. The minimum absolute atomic E-state index is 0.0972. The monoisotopic (exact) mass is 375 g/mol. The second-order valence-corrected chi connectivity index (χ2v) is 8.03. The van der Waals surface area contributed by atoms with E-state index in [-0.39, 0.29) is 41.2 Å². The zero-order chi connectivity index (χ0) is 19.0. The Bertz CT molecular complexity index is 986. The van der Waals surface area contributed by atoms with Crippen LogP contribution in [0, 0.1) is 35.5 Å². The number of hydrogen-bond donors (Lipinski definition) is 0. The first-order chi connectivity index (χ1) is 13.6. The van der Waals surface area contributed by atoms with Gasteiger partial charge in [0, 0.05) is 0 Å². The molecule has 0 radical (unpaired) electrons. The molecule has 0 unspecified atom stereocenters. The van der Waals surface area contributed by atoms with Crippen LogP contribution >= 0.6 is 0 Å². The number of ether oxygens (including phenoxy) is 1. The number of hydrogen-bond acceptors (Lipinski definition) is 5. The molecule has 28 heavy (non-hydrogen) atoms. The van der Waals surface area contributed by atoms with Crippen molar-refractivity contribution in [2.24, 2.45) is 35.5 Å². The van der Waals surface area contributed by atoms with E-state index >= 15 is 0 Å². The lowest BCUT2D eigenvalue weighted by Crippen LogP contribution is -2.40. The Labute approximate surface area is 160 Å². The van der Waals surface area contributed by atoms with E-state index in [1.807, 2.05) is 0 Å². The van der Waals surface area contributed by atoms with Crippen LogP contribution in [-0.4, -0.2) is 17.8 Å². The lowest BCUT2D eigenvalue weighted by Gasteiger charge is -2.37. The van der Waals surface area contributed by atoms with E-state index in [4.69, 9.17) is 9.15 Å². The van der Waals surface area contributed by atoms with E-state index < -0.39 is 5.97 Å². The number of rotatable bonds is 3. The molecule has 1 aromatic carbocycles. The number of esters is 1. The standard InChI is InChI=1S/C22H17NO5/c24-20-18-13-7-8-14(16-10-15(13)16)19(18)21(25)23(20)11-3-5-12(6-4-11)28-22(26)17-2-1-9-27-17/h1-9,13-16,18-19H,10H2/t13-,14+,15-,16+,18+,19-. The van der Waals surface area contributed by atoms with E-state index in [0.29, 0.717) is 23.3 Å². The summed E-state index contributed by atoms with van der Waals surface area (Å²) >= 11 is 0. The fraction of sp³-hybridized carbons (Fsp3) is 0.318. The Morgan fingerprint density at radius 2 is 1.61 bits per heavy atom.